The Morgan fingerprint density at radius 3 is 2.54 bits per heavy atom. The molecule has 0 aromatic rings. The number of hydrogen-bond acceptors (Lipinski definition) is 3. The summed E-state index contributed by atoms with van der Waals surface area (Å²) in [5.41, 5.74) is 9.64. The van der Waals surface area contributed by atoms with Gasteiger partial charge in [0.15, 0.2) is 0 Å². The lowest BCUT2D eigenvalue weighted by Crippen LogP contribution is -2.53. The average Bonchev–Trinajstić information content (AvgIpc) is 2.01. The molecular formula is C9H20N2O2. The third-order valence-electron chi connectivity index (χ3n) is 1.93. The molecule has 2 atom stereocenters. The van der Waals surface area contributed by atoms with E-state index in [0.29, 0.717) is 0 Å². The number of hydrogen-bond donors (Lipinski definition) is 2. The van der Waals surface area contributed by atoms with Crippen molar-refractivity contribution < 1.29 is 9.53 Å². The van der Waals surface area contributed by atoms with Crippen LogP contribution in [0.4, 0.5) is 0 Å². The molecule has 0 saturated heterocycles. The third kappa shape index (κ3) is 4.85. The molecule has 0 aromatic heterocycles. The van der Waals surface area contributed by atoms with Gasteiger partial charge in [-0.1, -0.05) is 13.3 Å². The van der Waals surface area contributed by atoms with Gasteiger partial charge in [0.05, 0.1) is 12.7 Å². The van der Waals surface area contributed by atoms with Crippen LogP contribution in [-0.4, -0.2) is 24.2 Å². The first-order valence-electron chi connectivity index (χ1n) is 4.60. The van der Waals surface area contributed by atoms with Crippen LogP contribution in [0.1, 0.15) is 33.6 Å². The minimum absolute atomic E-state index is 0.132. The van der Waals surface area contributed by atoms with Crippen molar-refractivity contribution in [1.82, 2.24) is 0 Å². The van der Waals surface area contributed by atoms with Gasteiger partial charge in [-0.25, -0.2) is 0 Å². The van der Waals surface area contributed by atoms with E-state index in [1.165, 1.54) is 0 Å². The van der Waals surface area contributed by atoms with Crippen LogP contribution in [0.15, 0.2) is 0 Å². The fourth-order valence-corrected chi connectivity index (χ4v) is 0.876. The largest absolute Gasteiger partial charge is 0.376 e. The lowest BCUT2D eigenvalue weighted by Gasteiger charge is -2.22. The van der Waals surface area contributed by atoms with Gasteiger partial charge < -0.3 is 16.2 Å². The van der Waals surface area contributed by atoms with Gasteiger partial charge in [0.25, 0.3) is 0 Å². The number of carbonyl (C=O) groups is 1. The van der Waals surface area contributed by atoms with E-state index in [9.17, 15) is 4.79 Å². The van der Waals surface area contributed by atoms with E-state index in [-0.39, 0.29) is 12.7 Å². The van der Waals surface area contributed by atoms with Gasteiger partial charge in [0.2, 0.25) is 5.91 Å². The quantitative estimate of drug-likeness (QED) is 0.633. The molecule has 0 fully saturated rings. The van der Waals surface area contributed by atoms with Crippen molar-refractivity contribution in [3.8, 4) is 0 Å². The predicted octanol–water partition coefficient (Wildman–Crippen LogP) is 0.394. The first-order chi connectivity index (χ1) is 5.90. The highest BCUT2D eigenvalue weighted by Gasteiger charge is 2.26. The average molecular weight is 188 g/mol. The summed E-state index contributed by atoms with van der Waals surface area (Å²) in [6.07, 6.45) is 2.15. The van der Waals surface area contributed by atoms with Gasteiger partial charge in [-0.05, 0) is 20.3 Å². The Morgan fingerprint density at radius 1 is 1.62 bits per heavy atom. The van der Waals surface area contributed by atoms with Gasteiger partial charge in [0, 0.05) is 0 Å². The third-order valence-corrected chi connectivity index (χ3v) is 1.93. The molecule has 4 nitrogen and oxygen atoms in total. The standard InChI is InChI=1S/C9H20N2O2/c1-4-5-7(2)13-6-9(3,11)8(10)12/h7H,4-6,11H2,1-3H3,(H2,10,12). The Balaban J connectivity index is 3.80. The molecule has 0 radical (unpaired) electrons. The van der Waals surface area contributed by atoms with Crippen LogP contribution in [0.5, 0.6) is 0 Å². The fourth-order valence-electron chi connectivity index (χ4n) is 0.876. The summed E-state index contributed by atoms with van der Waals surface area (Å²) >= 11 is 0. The van der Waals surface area contributed by atoms with Crippen molar-refractivity contribution in [2.24, 2.45) is 11.5 Å². The normalized spacial score (nSPS) is 17.8. The maximum absolute atomic E-state index is 10.8. The number of primary amides is 1. The van der Waals surface area contributed by atoms with Gasteiger partial charge in [-0.2, -0.15) is 0 Å². The molecule has 1 amide bonds. The maximum atomic E-state index is 10.8. The molecular weight excluding hydrogens is 168 g/mol. The number of rotatable bonds is 6. The van der Waals surface area contributed by atoms with E-state index in [4.69, 9.17) is 16.2 Å². The molecule has 0 rings (SSSR count). The van der Waals surface area contributed by atoms with E-state index in [2.05, 4.69) is 6.92 Å². The van der Waals surface area contributed by atoms with Crippen molar-refractivity contribution in [3.05, 3.63) is 0 Å². The van der Waals surface area contributed by atoms with Crippen molar-refractivity contribution in [1.29, 1.82) is 0 Å². The summed E-state index contributed by atoms with van der Waals surface area (Å²) in [6, 6.07) is 0. The second-order valence-electron chi connectivity index (χ2n) is 3.69. The van der Waals surface area contributed by atoms with E-state index in [1.54, 1.807) is 6.92 Å². The van der Waals surface area contributed by atoms with E-state index >= 15 is 0 Å². The molecule has 0 heterocycles. The van der Waals surface area contributed by atoms with Crippen LogP contribution in [-0.2, 0) is 9.53 Å². The second-order valence-corrected chi connectivity index (χ2v) is 3.69. The Hall–Kier alpha value is -0.610. The molecule has 0 aliphatic rings. The zero-order chi connectivity index (χ0) is 10.5. The molecule has 0 aliphatic carbocycles. The molecule has 2 unspecified atom stereocenters. The van der Waals surface area contributed by atoms with Gasteiger partial charge in [-0.15, -0.1) is 0 Å². The van der Waals surface area contributed by atoms with Crippen LogP contribution in [0.2, 0.25) is 0 Å². The van der Waals surface area contributed by atoms with E-state index < -0.39 is 11.4 Å². The highest BCUT2D eigenvalue weighted by atomic mass is 16.5. The zero-order valence-corrected chi connectivity index (χ0v) is 8.67. The van der Waals surface area contributed by atoms with Crippen LogP contribution in [0, 0.1) is 0 Å². The highest BCUT2D eigenvalue weighted by Crippen LogP contribution is 2.05. The predicted molar refractivity (Wildman–Crippen MR) is 52.1 cm³/mol. The summed E-state index contributed by atoms with van der Waals surface area (Å²) in [4.78, 5) is 10.8. The summed E-state index contributed by atoms with van der Waals surface area (Å²) < 4.78 is 5.38. The number of ether oxygens (including phenoxy) is 1. The zero-order valence-electron chi connectivity index (χ0n) is 8.67. The van der Waals surface area contributed by atoms with Gasteiger partial charge in [-0.3, -0.25) is 4.79 Å². The van der Waals surface area contributed by atoms with Crippen molar-refractivity contribution in [2.45, 2.75) is 45.3 Å². The lowest BCUT2D eigenvalue weighted by atomic mass is 10.1. The van der Waals surface area contributed by atoms with Crippen LogP contribution < -0.4 is 11.5 Å². The molecule has 13 heavy (non-hydrogen) atoms. The first-order valence-corrected chi connectivity index (χ1v) is 4.60. The van der Waals surface area contributed by atoms with E-state index in [0.717, 1.165) is 12.8 Å². The second kappa shape index (κ2) is 5.19. The Labute approximate surface area is 79.6 Å². The minimum atomic E-state index is -1.05. The van der Waals surface area contributed by atoms with Crippen LogP contribution in [0.3, 0.4) is 0 Å². The Bertz CT molecular complexity index is 169. The van der Waals surface area contributed by atoms with E-state index in [1.807, 2.05) is 6.92 Å². The van der Waals surface area contributed by atoms with Crippen molar-refractivity contribution in [2.75, 3.05) is 6.61 Å². The number of carbonyl (C=O) groups excluding carboxylic acids is 1. The molecule has 0 bridgehead atoms. The lowest BCUT2D eigenvalue weighted by molar-refractivity contribution is -0.125. The molecule has 4 heteroatoms. The molecule has 0 aromatic carbocycles. The highest BCUT2D eigenvalue weighted by molar-refractivity contribution is 5.83. The van der Waals surface area contributed by atoms with Crippen LogP contribution >= 0.6 is 0 Å². The SMILES string of the molecule is CCCC(C)OCC(C)(N)C(N)=O. The van der Waals surface area contributed by atoms with Gasteiger partial charge in [0.1, 0.15) is 5.54 Å². The Kier molecular flexibility index (Phi) is 4.95. The van der Waals surface area contributed by atoms with Gasteiger partial charge >= 0.3 is 0 Å². The van der Waals surface area contributed by atoms with Crippen LogP contribution in [0.25, 0.3) is 0 Å². The fraction of sp³-hybridized carbons (Fsp3) is 0.889. The topological polar surface area (TPSA) is 78.3 Å². The smallest absolute Gasteiger partial charge is 0.239 e. The molecule has 0 saturated carbocycles. The Morgan fingerprint density at radius 2 is 2.15 bits per heavy atom. The van der Waals surface area contributed by atoms with Crippen molar-refractivity contribution in [3.63, 3.8) is 0 Å². The molecule has 4 N–H and O–H groups in total. The first kappa shape index (κ1) is 12.4. The molecule has 0 aliphatic heterocycles. The monoisotopic (exact) mass is 188 g/mol. The summed E-state index contributed by atoms with van der Waals surface area (Å²) in [5, 5.41) is 0. The number of nitrogens with two attached hydrogens (primary N) is 2. The summed E-state index contributed by atoms with van der Waals surface area (Å²) in [7, 11) is 0. The maximum Gasteiger partial charge on any atom is 0.239 e. The summed E-state index contributed by atoms with van der Waals surface area (Å²) in [6.45, 7) is 5.80. The minimum Gasteiger partial charge on any atom is -0.376 e. The summed E-state index contributed by atoms with van der Waals surface area (Å²) in [5.74, 6) is -0.531. The molecule has 0 spiro atoms. The number of amides is 1. The molecule has 78 valence electrons. The van der Waals surface area contributed by atoms with Crippen molar-refractivity contribution >= 4 is 5.91 Å².